The van der Waals surface area contributed by atoms with Crippen LogP contribution in [0.5, 0.6) is 0 Å². The van der Waals surface area contributed by atoms with Crippen molar-refractivity contribution in [3.8, 4) is 0 Å². The maximum absolute atomic E-state index is 4.42. The van der Waals surface area contributed by atoms with Gasteiger partial charge in [0, 0.05) is 19.8 Å². The van der Waals surface area contributed by atoms with Crippen LogP contribution in [-0.2, 0) is 0 Å². The zero-order valence-corrected chi connectivity index (χ0v) is 9.38. The van der Waals surface area contributed by atoms with Crippen LogP contribution >= 0.6 is 0 Å². The molecule has 0 aliphatic heterocycles. The minimum absolute atomic E-state index is 0.764. The Morgan fingerprint density at radius 1 is 1.12 bits per heavy atom. The van der Waals surface area contributed by atoms with E-state index in [-0.39, 0.29) is 0 Å². The van der Waals surface area contributed by atoms with E-state index in [0.29, 0.717) is 0 Å². The first-order chi connectivity index (χ1) is 7.81. The summed E-state index contributed by atoms with van der Waals surface area (Å²) >= 11 is 0. The van der Waals surface area contributed by atoms with Crippen molar-refractivity contribution < 1.29 is 0 Å². The minimum atomic E-state index is 0.764. The molecular weight excluding hydrogens is 200 g/mol. The molecule has 0 saturated carbocycles. The molecule has 0 bridgehead atoms. The summed E-state index contributed by atoms with van der Waals surface area (Å²) in [5, 5.41) is 2.97. The van der Waals surface area contributed by atoms with Crippen molar-refractivity contribution in [1.29, 1.82) is 0 Å². The summed E-state index contributed by atoms with van der Waals surface area (Å²) < 4.78 is 0. The zero-order valence-electron chi connectivity index (χ0n) is 9.38. The molecular formula is C12H14N4. The fourth-order valence-corrected chi connectivity index (χ4v) is 1.42. The lowest BCUT2D eigenvalue weighted by atomic mass is 10.3. The van der Waals surface area contributed by atoms with Gasteiger partial charge in [0.2, 0.25) is 0 Å². The van der Waals surface area contributed by atoms with Crippen molar-refractivity contribution in [2.45, 2.75) is 0 Å². The molecule has 4 nitrogen and oxygen atoms in total. The quantitative estimate of drug-likeness (QED) is 0.851. The number of rotatable bonds is 3. The molecule has 2 rings (SSSR count). The molecule has 1 heterocycles. The maximum Gasteiger partial charge on any atom is 0.153 e. The lowest BCUT2D eigenvalue weighted by Gasteiger charge is -2.18. The van der Waals surface area contributed by atoms with Gasteiger partial charge >= 0.3 is 0 Å². The van der Waals surface area contributed by atoms with Crippen molar-refractivity contribution in [3.63, 3.8) is 0 Å². The van der Waals surface area contributed by atoms with E-state index in [1.54, 1.807) is 12.4 Å². The van der Waals surface area contributed by atoms with Gasteiger partial charge in [0.1, 0.15) is 5.82 Å². The maximum atomic E-state index is 4.42. The molecule has 0 amide bonds. The monoisotopic (exact) mass is 214 g/mol. The molecule has 4 heteroatoms. The third kappa shape index (κ3) is 2.11. The second-order valence-corrected chi connectivity index (χ2v) is 3.41. The largest absolute Gasteiger partial charge is 0.372 e. The molecule has 2 aromatic rings. The highest BCUT2D eigenvalue weighted by atomic mass is 15.2. The van der Waals surface area contributed by atoms with E-state index in [2.05, 4.69) is 15.3 Å². The Labute approximate surface area is 95.0 Å². The summed E-state index contributed by atoms with van der Waals surface area (Å²) in [6.07, 6.45) is 3.44. The average Bonchev–Trinajstić information content (AvgIpc) is 2.39. The van der Waals surface area contributed by atoms with Gasteiger partial charge in [0.25, 0.3) is 0 Å². The van der Waals surface area contributed by atoms with Gasteiger partial charge in [-0.3, -0.25) is 4.98 Å². The smallest absolute Gasteiger partial charge is 0.153 e. The van der Waals surface area contributed by atoms with Gasteiger partial charge in [-0.15, -0.1) is 0 Å². The highest BCUT2D eigenvalue weighted by Crippen LogP contribution is 2.20. The SMILES string of the molecule is CNc1cncc(N(C)c2ccccc2)n1. The van der Waals surface area contributed by atoms with Crippen LogP contribution in [0.2, 0.25) is 0 Å². The molecule has 82 valence electrons. The van der Waals surface area contributed by atoms with E-state index >= 15 is 0 Å². The highest BCUT2D eigenvalue weighted by Gasteiger charge is 2.05. The third-order valence-electron chi connectivity index (χ3n) is 2.37. The standard InChI is InChI=1S/C12H14N4/c1-13-11-8-14-9-12(15-11)16(2)10-6-4-3-5-7-10/h3-9H,1-2H3,(H,13,15). The van der Waals surface area contributed by atoms with E-state index in [1.807, 2.05) is 49.3 Å². The Morgan fingerprint density at radius 3 is 2.56 bits per heavy atom. The molecule has 0 saturated heterocycles. The van der Waals surface area contributed by atoms with Gasteiger partial charge in [-0.25, -0.2) is 4.98 Å². The van der Waals surface area contributed by atoms with Crippen molar-refractivity contribution >= 4 is 17.3 Å². The van der Waals surface area contributed by atoms with E-state index < -0.39 is 0 Å². The normalized spacial score (nSPS) is 9.88. The van der Waals surface area contributed by atoms with E-state index in [1.165, 1.54) is 0 Å². The molecule has 0 atom stereocenters. The number of aromatic nitrogens is 2. The average molecular weight is 214 g/mol. The number of nitrogens with one attached hydrogen (secondary N) is 1. The number of para-hydroxylation sites is 1. The molecule has 16 heavy (non-hydrogen) atoms. The highest BCUT2D eigenvalue weighted by molar-refractivity contribution is 5.59. The Morgan fingerprint density at radius 2 is 1.88 bits per heavy atom. The van der Waals surface area contributed by atoms with Crippen molar-refractivity contribution in [1.82, 2.24) is 9.97 Å². The molecule has 0 spiro atoms. The number of benzene rings is 1. The van der Waals surface area contributed by atoms with Crippen LogP contribution in [0.15, 0.2) is 42.7 Å². The van der Waals surface area contributed by atoms with Crippen LogP contribution in [0, 0.1) is 0 Å². The molecule has 0 fully saturated rings. The molecule has 1 N–H and O–H groups in total. The van der Waals surface area contributed by atoms with Crippen LogP contribution in [0.3, 0.4) is 0 Å². The lowest BCUT2D eigenvalue weighted by molar-refractivity contribution is 1.08. The predicted octanol–water partition coefficient (Wildman–Crippen LogP) is 2.29. The number of nitrogens with zero attached hydrogens (tertiary/aromatic N) is 3. The summed E-state index contributed by atoms with van der Waals surface area (Å²) in [6.45, 7) is 0. The molecule has 0 unspecified atom stereocenters. The first kappa shape index (κ1) is 10.4. The summed E-state index contributed by atoms with van der Waals surface area (Å²) in [4.78, 5) is 10.5. The van der Waals surface area contributed by atoms with Crippen LogP contribution < -0.4 is 10.2 Å². The molecule has 0 radical (unpaired) electrons. The molecule has 1 aromatic heterocycles. The lowest BCUT2D eigenvalue weighted by Crippen LogP contribution is -2.12. The molecule has 1 aromatic carbocycles. The molecule has 0 aliphatic carbocycles. The first-order valence-corrected chi connectivity index (χ1v) is 5.10. The van der Waals surface area contributed by atoms with E-state index in [9.17, 15) is 0 Å². The van der Waals surface area contributed by atoms with E-state index in [0.717, 1.165) is 17.3 Å². The van der Waals surface area contributed by atoms with Gasteiger partial charge < -0.3 is 10.2 Å². The van der Waals surface area contributed by atoms with Gasteiger partial charge in [-0.2, -0.15) is 0 Å². The van der Waals surface area contributed by atoms with Crippen molar-refractivity contribution in [2.75, 3.05) is 24.3 Å². The number of hydrogen-bond donors (Lipinski definition) is 1. The van der Waals surface area contributed by atoms with Crippen LogP contribution in [0.1, 0.15) is 0 Å². The fraction of sp³-hybridized carbons (Fsp3) is 0.167. The van der Waals surface area contributed by atoms with Crippen LogP contribution in [-0.4, -0.2) is 24.1 Å². The van der Waals surface area contributed by atoms with E-state index in [4.69, 9.17) is 0 Å². The predicted molar refractivity (Wildman–Crippen MR) is 66.1 cm³/mol. The first-order valence-electron chi connectivity index (χ1n) is 5.10. The number of hydrogen-bond acceptors (Lipinski definition) is 4. The number of anilines is 3. The Balaban J connectivity index is 2.30. The summed E-state index contributed by atoms with van der Waals surface area (Å²) in [7, 11) is 3.80. The Kier molecular flexibility index (Phi) is 3.00. The summed E-state index contributed by atoms with van der Waals surface area (Å²) in [5.74, 6) is 1.58. The van der Waals surface area contributed by atoms with Crippen molar-refractivity contribution in [2.24, 2.45) is 0 Å². The summed E-state index contributed by atoms with van der Waals surface area (Å²) in [6, 6.07) is 10.1. The topological polar surface area (TPSA) is 41.1 Å². The summed E-state index contributed by atoms with van der Waals surface area (Å²) in [5.41, 5.74) is 1.09. The second kappa shape index (κ2) is 4.61. The van der Waals surface area contributed by atoms with Crippen LogP contribution in [0.4, 0.5) is 17.3 Å². The third-order valence-corrected chi connectivity index (χ3v) is 2.37. The zero-order chi connectivity index (χ0) is 11.4. The van der Waals surface area contributed by atoms with Gasteiger partial charge in [0.15, 0.2) is 5.82 Å². The van der Waals surface area contributed by atoms with Gasteiger partial charge in [-0.1, -0.05) is 18.2 Å². The van der Waals surface area contributed by atoms with Crippen molar-refractivity contribution in [3.05, 3.63) is 42.7 Å². The minimum Gasteiger partial charge on any atom is -0.372 e. The molecule has 0 aliphatic rings. The van der Waals surface area contributed by atoms with Crippen LogP contribution in [0.25, 0.3) is 0 Å². The fourth-order valence-electron chi connectivity index (χ4n) is 1.42. The second-order valence-electron chi connectivity index (χ2n) is 3.41. The Bertz CT molecular complexity index is 456. The Hall–Kier alpha value is -2.10. The van der Waals surface area contributed by atoms with Gasteiger partial charge in [0.05, 0.1) is 12.4 Å². The van der Waals surface area contributed by atoms with Gasteiger partial charge in [-0.05, 0) is 12.1 Å².